The van der Waals surface area contributed by atoms with Crippen LogP contribution in [0.2, 0.25) is 0 Å². The number of ether oxygens (including phenoxy) is 1. The molecule has 1 amide bonds. The van der Waals surface area contributed by atoms with Crippen molar-refractivity contribution in [3.63, 3.8) is 0 Å². The molecule has 0 saturated carbocycles. The van der Waals surface area contributed by atoms with Gasteiger partial charge in [-0.15, -0.1) is 0 Å². The second kappa shape index (κ2) is 8.50. The van der Waals surface area contributed by atoms with Gasteiger partial charge in [0, 0.05) is 19.7 Å². The van der Waals surface area contributed by atoms with Crippen LogP contribution in [0.3, 0.4) is 0 Å². The van der Waals surface area contributed by atoms with Crippen LogP contribution in [0.1, 0.15) is 18.9 Å². The van der Waals surface area contributed by atoms with Crippen LogP contribution in [-0.2, 0) is 11.3 Å². The van der Waals surface area contributed by atoms with E-state index in [2.05, 4.69) is 0 Å². The van der Waals surface area contributed by atoms with Crippen molar-refractivity contribution < 1.29 is 19.7 Å². The van der Waals surface area contributed by atoms with E-state index in [4.69, 9.17) is 9.84 Å². The first-order chi connectivity index (χ1) is 9.17. The van der Waals surface area contributed by atoms with Crippen molar-refractivity contribution in [1.82, 2.24) is 4.90 Å². The number of carbonyl (C=O) groups is 1. The van der Waals surface area contributed by atoms with Gasteiger partial charge in [0.2, 0.25) is 0 Å². The van der Waals surface area contributed by atoms with Crippen molar-refractivity contribution in [2.75, 3.05) is 19.7 Å². The zero-order chi connectivity index (χ0) is 14.1. The van der Waals surface area contributed by atoms with E-state index in [1.54, 1.807) is 0 Å². The molecule has 0 spiro atoms. The Morgan fingerprint density at radius 2 is 2.05 bits per heavy atom. The minimum absolute atomic E-state index is 0.0994. The number of hydrogen-bond donors (Lipinski definition) is 2. The normalized spacial score (nSPS) is 11.9. The number of amides is 1. The van der Waals surface area contributed by atoms with Gasteiger partial charge in [-0.1, -0.05) is 30.3 Å². The zero-order valence-corrected chi connectivity index (χ0v) is 11.2. The lowest BCUT2D eigenvalue weighted by Crippen LogP contribution is -2.38. The van der Waals surface area contributed by atoms with Crippen molar-refractivity contribution in [3.05, 3.63) is 35.9 Å². The second-order valence-electron chi connectivity index (χ2n) is 4.24. The SMILES string of the molecule is CCN(CC(O)CCO)C(=O)OCc1ccccc1. The lowest BCUT2D eigenvalue weighted by molar-refractivity contribution is 0.0616. The summed E-state index contributed by atoms with van der Waals surface area (Å²) in [4.78, 5) is 13.2. The summed E-state index contributed by atoms with van der Waals surface area (Å²) < 4.78 is 5.17. The van der Waals surface area contributed by atoms with E-state index in [1.165, 1.54) is 4.90 Å². The molecule has 1 atom stereocenters. The fourth-order valence-corrected chi connectivity index (χ4v) is 1.64. The van der Waals surface area contributed by atoms with Crippen molar-refractivity contribution in [1.29, 1.82) is 0 Å². The van der Waals surface area contributed by atoms with Gasteiger partial charge in [-0.3, -0.25) is 0 Å². The molecule has 1 unspecified atom stereocenters. The third-order valence-electron chi connectivity index (χ3n) is 2.74. The highest BCUT2D eigenvalue weighted by Gasteiger charge is 2.17. The summed E-state index contributed by atoms with van der Waals surface area (Å²) in [5, 5.41) is 18.3. The number of aliphatic hydroxyl groups is 2. The van der Waals surface area contributed by atoms with E-state index in [9.17, 15) is 9.90 Å². The van der Waals surface area contributed by atoms with Crippen LogP contribution < -0.4 is 0 Å². The Hall–Kier alpha value is -1.59. The van der Waals surface area contributed by atoms with Crippen LogP contribution in [-0.4, -0.2) is 47.0 Å². The standard InChI is InChI=1S/C14H21NO4/c1-2-15(10-13(17)8-9-16)14(18)19-11-12-6-4-3-5-7-12/h3-7,13,16-17H,2,8-11H2,1H3. The molecule has 2 N–H and O–H groups in total. The molecule has 5 nitrogen and oxygen atoms in total. The van der Waals surface area contributed by atoms with Gasteiger partial charge in [-0.2, -0.15) is 0 Å². The van der Waals surface area contributed by atoms with Crippen molar-refractivity contribution in [2.45, 2.75) is 26.1 Å². The van der Waals surface area contributed by atoms with E-state index < -0.39 is 12.2 Å². The van der Waals surface area contributed by atoms with Crippen LogP contribution in [0.5, 0.6) is 0 Å². The Bertz CT molecular complexity index is 369. The maximum Gasteiger partial charge on any atom is 0.410 e. The molecule has 1 aromatic rings. The third-order valence-corrected chi connectivity index (χ3v) is 2.74. The predicted octanol–water partition coefficient (Wildman–Crippen LogP) is 1.39. The number of benzene rings is 1. The smallest absolute Gasteiger partial charge is 0.410 e. The molecular weight excluding hydrogens is 246 g/mol. The molecule has 0 aliphatic rings. The molecule has 0 radical (unpaired) electrons. The summed E-state index contributed by atoms with van der Waals surface area (Å²) in [7, 11) is 0. The molecule has 19 heavy (non-hydrogen) atoms. The van der Waals surface area contributed by atoms with E-state index in [0.717, 1.165) is 5.56 Å². The van der Waals surface area contributed by atoms with Crippen molar-refractivity contribution in [3.8, 4) is 0 Å². The van der Waals surface area contributed by atoms with Crippen LogP contribution in [0.15, 0.2) is 30.3 Å². The summed E-state index contributed by atoms with van der Waals surface area (Å²) in [6, 6.07) is 9.42. The quantitative estimate of drug-likeness (QED) is 0.783. The Kier molecular flexibility index (Phi) is 6.92. The molecule has 0 bridgehead atoms. The van der Waals surface area contributed by atoms with Gasteiger partial charge in [0.15, 0.2) is 0 Å². The molecule has 5 heteroatoms. The van der Waals surface area contributed by atoms with Gasteiger partial charge in [-0.25, -0.2) is 4.79 Å². The molecule has 106 valence electrons. The molecule has 0 heterocycles. The monoisotopic (exact) mass is 267 g/mol. The van der Waals surface area contributed by atoms with E-state index in [0.29, 0.717) is 6.54 Å². The highest BCUT2D eigenvalue weighted by molar-refractivity contribution is 5.67. The lowest BCUT2D eigenvalue weighted by Gasteiger charge is -2.23. The van der Waals surface area contributed by atoms with Gasteiger partial charge in [0.25, 0.3) is 0 Å². The number of hydrogen-bond acceptors (Lipinski definition) is 4. The summed E-state index contributed by atoms with van der Waals surface area (Å²) in [5.74, 6) is 0. The van der Waals surface area contributed by atoms with E-state index in [1.807, 2.05) is 37.3 Å². The van der Waals surface area contributed by atoms with Crippen LogP contribution in [0, 0.1) is 0 Å². The number of carbonyl (C=O) groups excluding carboxylic acids is 1. The summed E-state index contributed by atoms with van der Waals surface area (Å²) in [6.45, 7) is 2.56. The Labute approximate surface area is 113 Å². The minimum atomic E-state index is -0.728. The maximum atomic E-state index is 11.8. The summed E-state index contributed by atoms with van der Waals surface area (Å²) in [6.07, 6.45) is -0.930. The molecule has 0 aliphatic carbocycles. The highest BCUT2D eigenvalue weighted by atomic mass is 16.6. The average molecular weight is 267 g/mol. The van der Waals surface area contributed by atoms with Gasteiger partial charge in [0.05, 0.1) is 6.10 Å². The average Bonchev–Trinajstić information content (AvgIpc) is 2.43. The fraction of sp³-hybridized carbons (Fsp3) is 0.500. The number of nitrogens with zero attached hydrogens (tertiary/aromatic N) is 1. The summed E-state index contributed by atoms with van der Waals surface area (Å²) in [5.41, 5.74) is 0.919. The van der Waals surface area contributed by atoms with Gasteiger partial charge < -0.3 is 19.8 Å². The Morgan fingerprint density at radius 1 is 1.37 bits per heavy atom. The van der Waals surface area contributed by atoms with Crippen LogP contribution in [0.4, 0.5) is 4.79 Å². The van der Waals surface area contributed by atoms with Crippen LogP contribution in [0.25, 0.3) is 0 Å². The Morgan fingerprint density at radius 3 is 2.63 bits per heavy atom. The topological polar surface area (TPSA) is 70.0 Å². The second-order valence-corrected chi connectivity index (χ2v) is 4.24. The first-order valence-electron chi connectivity index (χ1n) is 6.42. The van der Waals surface area contributed by atoms with Crippen molar-refractivity contribution in [2.24, 2.45) is 0 Å². The predicted molar refractivity (Wildman–Crippen MR) is 71.6 cm³/mol. The highest BCUT2D eigenvalue weighted by Crippen LogP contribution is 2.04. The van der Waals surface area contributed by atoms with E-state index in [-0.39, 0.29) is 26.2 Å². The molecule has 0 aromatic heterocycles. The van der Waals surface area contributed by atoms with Gasteiger partial charge in [0.1, 0.15) is 6.61 Å². The molecule has 0 saturated heterocycles. The fourth-order valence-electron chi connectivity index (χ4n) is 1.64. The Balaban J connectivity index is 2.41. The van der Waals surface area contributed by atoms with Crippen LogP contribution >= 0.6 is 0 Å². The molecule has 1 rings (SSSR count). The molecule has 0 aliphatic heterocycles. The van der Waals surface area contributed by atoms with Gasteiger partial charge >= 0.3 is 6.09 Å². The summed E-state index contributed by atoms with van der Waals surface area (Å²) >= 11 is 0. The number of rotatable bonds is 7. The number of aliphatic hydroxyl groups excluding tert-OH is 2. The van der Waals surface area contributed by atoms with E-state index >= 15 is 0 Å². The maximum absolute atomic E-state index is 11.8. The van der Waals surface area contributed by atoms with Gasteiger partial charge in [-0.05, 0) is 18.9 Å². The first kappa shape index (κ1) is 15.5. The molecule has 1 aromatic carbocycles. The lowest BCUT2D eigenvalue weighted by atomic mass is 10.2. The molecule has 0 fully saturated rings. The van der Waals surface area contributed by atoms with Crippen molar-refractivity contribution >= 4 is 6.09 Å². The largest absolute Gasteiger partial charge is 0.445 e. The molecular formula is C14H21NO4. The first-order valence-corrected chi connectivity index (χ1v) is 6.42. The minimum Gasteiger partial charge on any atom is -0.445 e. The zero-order valence-electron chi connectivity index (χ0n) is 11.2. The third kappa shape index (κ3) is 5.72. The number of likely N-dealkylation sites (N-methyl/N-ethyl adjacent to an activating group) is 1.